The lowest BCUT2D eigenvalue weighted by molar-refractivity contribution is 0.238. The summed E-state index contributed by atoms with van der Waals surface area (Å²) in [7, 11) is 0. The summed E-state index contributed by atoms with van der Waals surface area (Å²) in [5, 5.41) is 7.43. The Balaban J connectivity index is 1.49. The van der Waals surface area contributed by atoms with Gasteiger partial charge in [-0.1, -0.05) is 0 Å². The Hall–Kier alpha value is -2.25. The highest BCUT2D eigenvalue weighted by Crippen LogP contribution is 2.25. The molecule has 0 radical (unpaired) electrons. The molecule has 0 aliphatic carbocycles. The zero-order valence-corrected chi connectivity index (χ0v) is 14.3. The van der Waals surface area contributed by atoms with Gasteiger partial charge in [-0.05, 0) is 24.6 Å². The minimum Gasteiger partial charge on any atom is -0.462 e. The van der Waals surface area contributed by atoms with Gasteiger partial charge >= 0.3 is 0 Å². The fourth-order valence-corrected chi connectivity index (χ4v) is 3.76. The van der Waals surface area contributed by atoms with Gasteiger partial charge in [-0.15, -0.1) is 11.3 Å². The molecule has 6 nitrogen and oxygen atoms in total. The van der Waals surface area contributed by atoms with Crippen molar-refractivity contribution < 1.29 is 4.42 Å². The monoisotopic (exact) mass is 342 g/mol. The summed E-state index contributed by atoms with van der Waals surface area (Å²) in [6.45, 7) is 5.00. The third kappa shape index (κ3) is 2.92. The van der Waals surface area contributed by atoms with Crippen LogP contribution in [0.5, 0.6) is 0 Å². The number of nitrogens with zero attached hydrogens (tertiary/aromatic N) is 4. The summed E-state index contributed by atoms with van der Waals surface area (Å²) in [6, 6.07) is 5.52. The number of aryl methyl sites for hydroxylation is 1. The quantitative estimate of drug-likeness (QED) is 0.729. The third-order valence-corrected chi connectivity index (χ3v) is 5.10. The Morgan fingerprint density at radius 2 is 2.33 bits per heavy atom. The zero-order chi connectivity index (χ0) is 16.5. The molecule has 0 atom stereocenters. The lowest BCUT2D eigenvalue weighted by Crippen LogP contribution is -2.34. The number of aromatic nitrogens is 3. The minimum atomic E-state index is -0.0214. The highest BCUT2D eigenvalue weighted by atomic mass is 32.1. The molecule has 0 spiro atoms. The van der Waals surface area contributed by atoms with Crippen LogP contribution in [0.2, 0.25) is 0 Å². The highest BCUT2D eigenvalue weighted by molar-refractivity contribution is 7.13. The molecular weight excluding hydrogens is 324 g/mol. The first-order valence-electron chi connectivity index (χ1n) is 8.03. The van der Waals surface area contributed by atoms with E-state index in [-0.39, 0.29) is 5.56 Å². The van der Waals surface area contributed by atoms with E-state index in [0.29, 0.717) is 6.54 Å². The Kier molecular flexibility index (Phi) is 4.03. The van der Waals surface area contributed by atoms with Crippen LogP contribution in [0.15, 0.2) is 39.1 Å². The van der Waals surface area contributed by atoms with Crippen molar-refractivity contribution in [3.63, 3.8) is 0 Å². The SMILES string of the molecule is CCn1nc2c(cc1=O)CN(Cc1csc(-c3ccco3)n1)CC2. The molecule has 3 aromatic heterocycles. The predicted molar refractivity (Wildman–Crippen MR) is 91.8 cm³/mol. The maximum absolute atomic E-state index is 12.0. The number of fused-ring (bicyclic) bond motifs is 1. The van der Waals surface area contributed by atoms with Crippen molar-refractivity contribution in [3.8, 4) is 10.8 Å². The fraction of sp³-hybridized carbons (Fsp3) is 0.353. The molecule has 0 N–H and O–H groups in total. The van der Waals surface area contributed by atoms with Gasteiger partial charge in [0, 0.05) is 44.0 Å². The molecule has 0 unspecified atom stereocenters. The van der Waals surface area contributed by atoms with Crippen molar-refractivity contribution in [2.24, 2.45) is 0 Å². The second-order valence-electron chi connectivity index (χ2n) is 5.85. The van der Waals surface area contributed by atoms with Crippen LogP contribution in [-0.4, -0.2) is 26.2 Å². The Labute approximate surface area is 143 Å². The number of thiazole rings is 1. The molecule has 124 valence electrons. The first kappa shape index (κ1) is 15.3. The number of furan rings is 1. The number of hydrogen-bond donors (Lipinski definition) is 0. The van der Waals surface area contributed by atoms with Gasteiger partial charge < -0.3 is 4.42 Å². The van der Waals surface area contributed by atoms with Crippen LogP contribution in [-0.2, 0) is 26.1 Å². The summed E-state index contributed by atoms with van der Waals surface area (Å²) in [4.78, 5) is 18.9. The topological polar surface area (TPSA) is 64.2 Å². The van der Waals surface area contributed by atoms with Gasteiger partial charge in [0.25, 0.3) is 5.56 Å². The maximum atomic E-state index is 12.0. The number of hydrogen-bond acceptors (Lipinski definition) is 6. The zero-order valence-electron chi connectivity index (χ0n) is 13.4. The van der Waals surface area contributed by atoms with E-state index in [1.165, 1.54) is 4.68 Å². The summed E-state index contributed by atoms with van der Waals surface area (Å²) in [6.07, 6.45) is 2.53. The molecular formula is C17H18N4O2S. The minimum absolute atomic E-state index is 0.0214. The summed E-state index contributed by atoms with van der Waals surface area (Å²) in [5.41, 5.74) is 3.09. The molecule has 3 aromatic rings. The highest BCUT2D eigenvalue weighted by Gasteiger charge is 2.20. The molecule has 7 heteroatoms. The van der Waals surface area contributed by atoms with Gasteiger partial charge in [-0.2, -0.15) is 5.10 Å². The summed E-state index contributed by atoms with van der Waals surface area (Å²) < 4.78 is 6.93. The summed E-state index contributed by atoms with van der Waals surface area (Å²) >= 11 is 1.59. The maximum Gasteiger partial charge on any atom is 0.267 e. The first-order valence-corrected chi connectivity index (χ1v) is 8.91. The lowest BCUT2D eigenvalue weighted by atomic mass is 10.1. The largest absolute Gasteiger partial charge is 0.462 e. The van der Waals surface area contributed by atoms with Gasteiger partial charge in [-0.3, -0.25) is 9.69 Å². The van der Waals surface area contributed by atoms with Gasteiger partial charge in [-0.25, -0.2) is 9.67 Å². The van der Waals surface area contributed by atoms with Crippen LogP contribution in [0, 0.1) is 0 Å². The fourth-order valence-electron chi connectivity index (χ4n) is 2.98. The average molecular weight is 342 g/mol. The van der Waals surface area contributed by atoms with Gasteiger partial charge in [0.2, 0.25) is 0 Å². The van der Waals surface area contributed by atoms with Crippen molar-refractivity contribution in [2.45, 2.75) is 33.0 Å². The van der Waals surface area contributed by atoms with Crippen molar-refractivity contribution in [1.29, 1.82) is 0 Å². The molecule has 0 amide bonds. The Morgan fingerprint density at radius 3 is 3.12 bits per heavy atom. The first-order chi connectivity index (χ1) is 11.7. The normalized spacial score (nSPS) is 14.7. The molecule has 4 rings (SSSR count). The van der Waals surface area contributed by atoms with E-state index in [1.807, 2.05) is 19.1 Å². The summed E-state index contributed by atoms with van der Waals surface area (Å²) in [5.74, 6) is 0.805. The standard InChI is InChI=1S/C17H18N4O2S/c1-2-21-16(22)8-12-9-20(6-5-14(12)19-21)10-13-11-24-17(18-13)15-4-3-7-23-15/h3-4,7-8,11H,2,5-6,9-10H2,1H3. The van der Waals surface area contributed by atoms with Crippen molar-refractivity contribution >= 4 is 11.3 Å². The van der Waals surface area contributed by atoms with E-state index in [1.54, 1.807) is 23.7 Å². The van der Waals surface area contributed by atoms with Gasteiger partial charge in [0.05, 0.1) is 17.7 Å². The molecule has 1 aliphatic heterocycles. The molecule has 0 aromatic carbocycles. The van der Waals surface area contributed by atoms with E-state index in [0.717, 1.165) is 53.8 Å². The van der Waals surface area contributed by atoms with Crippen molar-refractivity contribution in [2.75, 3.05) is 6.54 Å². The van der Waals surface area contributed by atoms with E-state index in [2.05, 4.69) is 20.4 Å². The van der Waals surface area contributed by atoms with Crippen LogP contribution in [0.3, 0.4) is 0 Å². The number of rotatable bonds is 4. The third-order valence-electron chi connectivity index (χ3n) is 4.19. The average Bonchev–Trinajstić information content (AvgIpc) is 3.25. The van der Waals surface area contributed by atoms with E-state index >= 15 is 0 Å². The van der Waals surface area contributed by atoms with E-state index < -0.39 is 0 Å². The van der Waals surface area contributed by atoms with Crippen molar-refractivity contribution in [3.05, 3.63) is 57.1 Å². The van der Waals surface area contributed by atoms with Crippen LogP contribution in [0.1, 0.15) is 23.9 Å². The Morgan fingerprint density at radius 1 is 1.42 bits per heavy atom. The molecule has 0 saturated carbocycles. The van der Waals surface area contributed by atoms with Gasteiger partial charge in [0.1, 0.15) is 0 Å². The van der Waals surface area contributed by atoms with Crippen LogP contribution in [0.25, 0.3) is 10.8 Å². The second kappa shape index (κ2) is 6.33. The van der Waals surface area contributed by atoms with Gasteiger partial charge in [0.15, 0.2) is 10.8 Å². The molecule has 0 fully saturated rings. The molecule has 0 bridgehead atoms. The van der Waals surface area contributed by atoms with Crippen molar-refractivity contribution in [1.82, 2.24) is 19.7 Å². The van der Waals surface area contributed by atoms with E-state index in [9.17, 15) is 4.79 Å². The second-order valence-corrected chi connectivity index (χ2v) is 6.71. The van der Waals surface area contributed by atoms with E-state index in [4.69, 9.17) is 4.42 Å². The van der Waals surface area contributed by atoms with Crippen LogP contribution >= 0.6 is 11.3 Å². The lowest BCUT2D eigenvalue weighted by Gasteiger charge is -2.27. The molecule has 24 heavy (non-hydrogen) atoms. The molecule has 4 heterocycles. The van der Waals surface area contributed by atoms with Crippen LogP contribution < -0.4 is 5.56 Å². The Bertz CT molecular complexity index is 898. The molecule has 1 aliphatic rings. The molecule has 0 saturated heterocycles. The smallest absolute Gasteiger partial charge is 0.267 e. The predicted octanol–water partition coefficient (Wildman–Crippen LogP) is 2.54. The van der Waals surface area contributed by atoms with Crippen LogP contribution in [0.4, 0.5) is 0 Å².